The summed E-state index contributed by atoms with van der Waals surface area (Å²) in [4.78, 5) is 12.8. The smallest absolute Gasteiger partial charge is 0.251 e. The first kappa shape index (κ1) is 14.1. The van der Waals surface area contributed by atoms with Gasteiger partial charge in [0.15, 0.2) is 0 Å². The Kier molecular flexibility index (Phi) is 3.92. The Hall–Kier alpha value is -1.88. The molecule has 2 aromatic carbocycles. The van der Waals surface area contributed by atoms with Gasteiger partial charge in [0.25, 0.3) is 5.91 Å². The fourth-order valence-electron chi connectivity index (χ4n) is 2.41. The van der Waals surface area contributed by atoms with Crippen LogP contribution in [0.4, 0.5) is 8.78 Å². The van der Waals surface area contributed by atoms with Crippen LogP contribution in [-0.2, 0) is 0 Å². The van der Waals surface area contributed by atoms with Gasteiger partial charge in [0.2, 0.25) is 0 Å². The van der Waals surface area contributed by atoms with E-state index in [1.165, 1.54) is 36.0 Å². The van der Waals surface area contributed by atoms with Gasteiger partial charge in [-0.1, -0.05) is 18.2 Å². The van der Waals surface area contributed by atoms with E-state index in [0.717, 1.165) is 17.7 Å². The van der Waals surface area contributed by atoms with E-state index in [2.05, 4.69) is 5.32 Å². The predicted octanol–water partition coefficient (Wildman–Crippen LogP) is 3.93. The summed E-state index contributed by atoms with van der Waals surface area (Å²) < 4.78 is 26.9. The van der Waals surface area contributed by atoms with Crippen molar-refractivity contribution in [2.24, 2.45) is 0 Å². The first-order chi connectivity index (χ1) is 10.1. The van der Waals surface area contributed by atoms with Crippen molar-refractivity contribution in [3.8, 4) is 0 Å². The average molecular weight is 305 g/mol. The number of benzene rings is 2. The minimum absolute atomic E-state index is 0.243. The molecule has 0 aliphatic carbocycles. The molecule has 2 aromatic rings. The number of carbonyl (C=O) groups excluding carboxylic acids is 1. The maximum Gasteiger partial charge on any atom is 0.251 e. The maximum atomic E-state index is 13.8. The topological polar surface area (TPSA) is 29.1 Å². The summed E-state index contributed by atoms with van der Waals surface area (Å²) in [7, 11) is 0. The number of halogens is 2. The molecule has 1 amide bonds. The van der Waals surface area contributed by atoms with Crippen LogP contribution < -0.4 is 5.32 Å². The van der Waals surface area contributed by atoms with Crippen LogP contribution in [0.1, 0.15) is 28.4 Å². The summed E-state index contributed by atoms with van der Waals surface area (Å²) in [6.07, 6.45) is 0.724. The standard InChI is InChI=1S/C16H13F2NOS/c17-11-4-1-3-10(9-11)16(20)19-14-7-8-21-15-12(14)5-2-6-13(15)18/h1-6,9,14H,7-8H2,(H,19,20). The molecule has 0 saturated heterocycles. The molecular formula is C16H13F2NOS. The Morgan fingerprint density at radius 2 is 2.00 bits per heavy atom. The summed E-state index contributed by atoms with van der Waals surface area (Å²) in [6.45, 7) is 0. The Morgan fingerprint density at radius 1 is 1.19 bits per heavy atom. The molecule has 0 radical (unpaired) electrons. The highest BCUT2D eigenvalue weighted by Crippen LogP contribution is 2.37. The summed E-state index contributed by atoms with van der Waals surface area (Å²) in [6, 6.07) is 10.2. The molecule has 0 bridgehead atoms. The van der Waals surface area contributed by atoms with E-state index < -0.39 is 5.82 Å². The van der Waals surface area contributed by atoms with Crippen LogP contribution >= 0.6 is 11.8 Å². The number of amides is 1. The van der Waals surface area contributed by atoms with Gasteiger partial charge in [-0.3, -0.25) is 4.79 Å². The van der Waals surface area contributed by atoms with Crippen LogP contribution in [0.3, 0.4) is 0 Å². The number of nitrogens with one attached hydrogen (secondary N) is 1. The highest BCUT2D eigenvalue weighted by molar-refractivity contribution is 7.99. The third-order valence-electron chi connectivity index (χ3n) is 3.42. The van der Waals surface area contributed by atoms with Gasteiger partial charge in [0, 0.05) is 16.2 Å². The van der Waals surface area contributed by atoms with Crippen molar-refractivity contribution in [1.82, 2.24) is 5.32 Å². The van der Waals surface area contributed by atoms with Crippen molar-refractivity contribution in [3.63, 3.8) is 0 Å². The molecule has 0 saturated carbocycles. The number of hydrogen-bond donors (Lipinski definition) is 1. The largest absolute Gasteiger partial charge is 0.345 e. The minimum Gasteiger partial charge on any atom is -0.345 e. The van der Waals surface area contributed by atoms with E-state index >= 15 is 0 Å². The van der Waals surface area contributed by atoms with E-state index in [0.29, 0.717) is 4.90 Å². The molecule has 1 heterocycles. The second kappa shape index (κ2) is 5.85. The van der Waals surface area contributed by atoms with Crippen molar-refractivity contribution in [2.45, 2.75) is 17.4 Å². The number of fused-ring (bicyclic) bond motifs is 1. The average Bonchev–Trinajstić information content (AvgIpc) is 2.48. The second-order valence-electron chi connectivity index (χ2n) is 4.83. The molecule has 21 heavy (non-hydrogen) atoms. The molecule has 108 valence electrons. The van der Waals surface area contributed by atoms with Crippen LogP contribution in [-0.4, -0.2) is 11.7 Å². The van der Waals surface area contributed by atoms with Gasteiger partial charge in [-0.2, -0.15) is 0 Å². The van der Waals surface area contributed by atoms with Crippen LogP contribution in [0.2, 0.25) is 0 Å². The molecule has 1 N–H and O–H groups in total. The van der Waals surface area contributed by atoms with Gasteiger partial charge in [-0.15, -0.1) is 11.8 Å². The molecule has 2 nitrogen and oxygen atoms in total. The Morgan fingerprint density at radius 3 is 2.81 bits per heavy atom. The van der Waals surface area contributed by atoms with Gasteiger partial charge in [-0.25, -0.2) is 8.78 Å². The lowest BCUT2D eigenvalue weighted by Crippen LogP contribution is -2.30. The van der Waals surface area contributed by atoms with Crippen molar-refractivity contribution in [3.05, 3.63) is 65.2 Å². The van der Waals surface area contributed by atoms with Crippen molar-refractivity contribution < 1.29 is 13.6 Å². The Bertz CT molecular complexity index is 690. The number of hydrogen-bond acceptors (Lipinski definition) is 2. The van der Waals surface area contributed by atoms with Crippen LogP contribution in [0.25, 0.3) is 0 Å². The molecule has 5 heteroatoms. The number of carbonyl (C=O) groups is 1. The summed E-state index contributed by atoms with van der Waals surface area (Å²) in [5, 5.41) is 2.86. The highest BCUT2D eigenvalue weighted by Gasteiger charge is 2.24. The molecule has 1 atom stereocenters. The molecular weight excluding hydrogens is 292 g/mol. The van der Waals surface area contributed by atoms with Gasteiger partial charge in [0.1, 0.15) is 11.6 Å². The van der Waals surface area contributed by atoms with E-state index in [-0.39, 0.29) is 23.3 Å². The van der Waals surface area contributed by atoms with E-state index in [4.69, 9.17) is 0 Å². The lowest BCUT2D eigenvalue weighted by atomic mass is 10.0. The Balaban J connectivity index is 1.84. The zero-order valence-electron chi connectivity index (χ0n) is 11.1. The van der Waals surface area contributed by atoms with E-state index in [1.807, 2.05) is 6.07 Å². The second-order valence-corrected chi connectivity index (χ2v) is 5.94. The van der Waals surface area contributed by atoms with Crippen molar-refractivity contribution in [2.75, 3.05) is 5.75 Å². The third-order valence-corrected chi connectivity index (χ3v) is 4.58. The lowest BCUT2D eigenvalue weighted by Gasteiger charge is -2.26. The van der Waals surface area contributed by atoms with E-state index in [9.17, 15) is 13.6 Å². The number of thioether (sulfide) groups is 1. The zero-order chi connectivity index (χ0) is 14.8. The molecule has 3 rings (SSSR count). The van der Waals surface area contributed by atoms with Crippen LogP contribution in [0.15, 0.2) is 47.4 Å². The molecule has 1 aliphatic heterocycles. The van der Waals surface area contributed by atoms with Crippen molar-refractivity contribution in [1.29, 1.82) is 0 Å². The van der Waals surface area contributed by atoms with Gasteiger partial charge in [-0.05, 0) is 36.2 Å². The maximum absolute atomic E-state index is 13.8. The summed E-state index contributed by atoms with van der Waals surface area (Å²) >= 11 is 1.46. The zero-order valence-corrected chi connectivity index (χ0v) is 11.9. The highest BCUT2D eigenvalue weighted by atomic mass is 32.2. The van der Waals surface area contributed by atoms with E-state index in [1.54, 1.807) is 12.1 Å². The summed E-state index contributed by atoms with van der Waals surface area (Å²) in [5.41, 5.74) is 1.06. The molecule has 0 spiro atoms. The molecule has 0 fully saturated rings. The van der Waals surface area contributed by atoms with Crippen molar-refractivity contribution >= 4 is 17.7 Å². The first-order valence-corrected chi connectivity index (χ1v) is 7.61. The predicted molar refractivity (Wildman–Crippen MR) is 78.3 cm³/mol. The van der Waals surface area contributed by atoms with Gasteiger partial charge >= 0.3 is 0 Å². The minimum atomic E-state index is -0.451. The van der Waals surface area contributed by atoms with Crippen LogP contribution in [0, 0.1) is 11.6 Å². The SMILES string of the molecule is O=C(NC1CCSc2c(F)cccc21)c1cccc(F)c1. The third kappa shape index (κ3) is 2.93. The molecule has 0 aromatic heterocycles. The normalized spacial score (nSPS) is 17.1. The number of rotatable bonds is 2. The fourth-order valence-corrected chi connectivity index (χ4v) is 3.55. The van der Waals surface area contributed by atoms with Crippen LogP contribution in [0.5, 0.6) is 0 Å². The van der Waals surface area contributed by atoms with Gasteiger partial charge in [0.05, 0.1) is 6.04 Å². The van der Waals surface area contributed by atoms with Gasteiger partial charge < -0.3 is 5.32 Å². The first-order valence-electron chi connectivity index (χ1n) is 6.63. The summed E-state index contributed by atoms with van der Waals surface area (Å²) in [5.74, 6) is -0.320. The molecule has 1 unspecified atom stereocenters. The quantitative estimate of drug-likeness (QED) is 0.911. The fraction of sp³-hybridized carbons (Fsp3) is 0.188. The monoisotopic (exact) mass is 305 g/mol. The lowest BCUT2D eigenvalue weighted by molar-refractivity contribution is 0.0934. The Labute approximate surface area is 125 Å². The molecule has 1 aliphatic rings.